The van der Waals surface area contributed by atoms with Gasteiger partial charge in [0.25, 0.3) is 0 Å². The zero-order chi connectivity index (χ0) is 15.9. The quantitative estimate of drug-likeness (QED) is 0.813. The van der Waals surface area contributed by atoms with Gasteiger partial charge in [-0.1, -0.05) is 12.1 Å². The minimum Gasteiger partial charge on any atom is -0.406 e. The number of carbonyl (C=O) groups is 1. The molecule has 0 saturated heterocycles. The zero-order valence-electron chi connectivity index (χ0n) is 11.6. The fraction of sp³-hybridized carbons (Fsp3) is 0.500. The lowest BCUT2D eigenvalue weighted by Crippen LogP contribution is -2.33. The molecule has 0 radical (unpaired) electrons. The minimum absolute atomic E-state index is 0.0292. The van der Waals surface area contributed by atoms with Crippen LogP contribution in [0.2, 0.25) is 0 Å². The number of hydrogen-bond acceptors (Lipinski definition) is 3. The van der Waals surface area contributed by atoms with E-state index >= 15 is 0 Å². The maximum absolute atomic E-state index is 12.1. The number of benzene rings is 1. The lowest BCUT2D eigenvalue weighted by Gasteiger charge is -2.14. The number of nitrogens with one attached hydrogen (secondary N) is 1. The van der Waals surface area contributed by atoms with Gasteiger partial charge >= 0.3 is 6.36 Å². The van der Waals surface area contributed by atoms with Crippen LogP contribution in [0.5, 0.6) is 5.75 Å². The summed E-state index contributed by atoms with van der Waals surface area (Å²) in [5, 5.41) is 11.4. The van der Waals surface area contributed by atoms with Crippen LogP contribution in [0, 0.1) is 0 Å². The minimum atomic E-state index is -4.75. The second kappa shape index (κ2) is 7.87. The van der Waals surface area contributed by atoms with E-state index in [1.54, 1.807) is 13.0 Å². The molecule has 4 nitrogen and oxygen atoms in total. The predicted molar refractivity (Wildman–Crippen MR) is 70.8 cm³/mol. The first-order valence-corrected chi connectivity index (χ1v) is 6.55. The third kappa shape index (κ3) is 7.55. The highest BCUT2D eigenvalue weighted by Gasteiger charge is 2.31. The number of amides is 1. The van der Waals surface area contributed by atoms with Crippen molar-refractivity contribution in [1.82, 2.24) is 5.32 Å². The highest BCUT2D eigenvalue weighted by molar-refractivity contribution is 5.78. The normalized spacial score (nSPS) is 12.8. The van der Waals surface area contributed by atoms with Gasteiger partial charge in [0.1, 0.15) is 5.75 Å². The number of alkyl halides is 3. The highest BCUT2D eigenvalue weighted by Crippen LogP contribution is 2.23. The molecule has 7 heteroatoms. The Bertz CT molecular complexity index is 463. The molecule has 1 aromatic carbocycles. The predicted octanol–water partition coefficient (Wildman–Crippen LogP) is 2.40. The Labute approximate surface area is 120 Å². The molecule has 1 amide bonds. The molecule has 0 aromatic heterocycles. The number of aliphatic hydroxyl groups excluding tert-OH is 1. The molecule has 1 rings (SSSR count). The van der Waals surface area contributed by atoms with Crippen LogP contribution in [0.4, 0.5) is 13.2 Å². The molecule has 0 bridgehead atoms. The topological polar surface area (TPSA) is 58.6 Å². The average Bonchev–Trinajstić information content (AvgIpc) is 2.34. The Kier molecular flexibility index (Phi) is 6.48. The van der Waals surface area contributed by atoms with Gasteiger partial charge in [-0.05, 0) is 37.5 Å². The van der Waals surface area contributed by atoms with E-state index in [1.165, 1.54) is 18.2 Å². The summed E-state index contributed by atoms with van der Waals surface area (Å²) in [6, 6.07) is 5.23. The molecule has 0 aliphatic heterocycles. The first-order valence-electron chi connectivity index (χ1n) is 6.55. The molecule has 0 fully saturated rings. The number of halogens is 3. The number of hydrogen-bond donors (Lipinski definition) is 2. The molecule has 2 N–H and O–H groups in total. The number of ether oxygens (including phenoxy) is 1. The summed E-state index contributed by atoms with van der Waals surface area (Å²) < 4.78 is 40.1. The van der Waals surface area contributed by atoms with E-state index in [2.05, 4.69) is 10.1 Å². The second-order valence-electron chi connectivity index (χ2n) is 4.71. The SMILES string of the molecule is CC(CCCO)NC(=O)Cc1cccc(OC(F)(F)F)c1. The monoisotopic (exact) mass is 305 g/mol. The van der Waals surface area contributed by atoms with Crippen LogP contribution < -0.4 is 10.1 Å². The van der Waals surface area contributed by atoms with Crippen molar-refractivity contribution in [3.05, 3.63) is 29.8 Å². The maximum Gasteiger partial charge on any atom is 0.573 e. The van der Waals surface area contributed by atoms with E-state index in [-0.39, 0.29) is 30.7 Å². The van der Waals surface area contributed by atoms with Gasteiger partial charge in [0.2, 0.25) is 5.91 Å². The van der Waals surface area contributed by atoms with E-state index < -0.39 is 6.36 Å². The van der Waals surface area contributed by atoms with Crippen molar-refractivity contribution < 1.29 is 27.8 Å². The molecule has 1 aromatic rings. The average molecular weight is 305 g/mol. The Balaban J connectivity index is 2.54. The molecule has 21 heavy (non-hydrogen) atoms. The largest absolute Gasteiger partial charge is 0.573 e. The lowest BCUT2D eigenvalue weighted by molar-refractivity contribution is -0.274. The summed E-state index contributed by atoms with van der Waals surface area (Å²) in [6.07, 6.45) is -3.56. The molecule has 1 unspecified atom stereocenters. The number of carbonyl (C=O) groups excluding carboxylic acids is 1. The van der Waals surface area contributed by atoms with E-state index in [4.69, 9.17) is 5.11 Å². The van der Waals surface area contributed by atoms with Gasteiger partial charge in [0, 0.05) is 12.6 Å². The van der Waals surface area contributed by atoms with Crippen LogP contribution in [-0.2, 0) is 11.2 Å². The van der Waals surface area contributed by atoms with Crippen LogP contribution in [0.3, 0.4) is 0 Å². The molecule has 0 saturated carbocycles. The summed E-state index contributed by atoms with van der Waals surface area (Å²) >= 11 is 0. The molecule has 118 valence electrons. The van der Waals surface area contributed by atoms with Gasteiger partial charge in [0.15, 0.2) is 0 Å². The van der Waals surface area contributed by atoms with Crippen molar-refractivity contribution in [2.45, 2.75) is 38.6 Å². The maximum atomic E-state index is 12.1. The van der Waals surface area contributed by atoms with Crippen molar-refractivity contribution in [2.24, 2.45) is 0 Å². The molecule has 0 aliphatic carbocycles. The van der Waals surface area contributed by atoms with Gasteiger partial charge in [-0.15, -0.1) is 13.2 Å². The Morgan fingerprint density at radius 1 is 1.43 bits per heavy atom. The summed E-state index contributed by atoms with van der Waals surface area (Å²) in [7, 11) is 0. The third-order valence-corrected chi connectivity index (χ3v) is 2.70. The van der Waals surface area contributed by atoms with Crippen LogP contribution in [-0.4, -0.2) is 30.0 Å². The Hall–Kier alpha value is -1.76. The third-order valence-electron chi connectivity index (χ3n) is 2.70. The first-order chi connectivity index (χ1) is 9.80. The second-order valence-corrected chi connectivity index (χ2v) is 4.71. The van der Waals surface area contributed by atoms with E-state index in [0.717, 1.165) is 0 Å². The number of rotatable bonds is 7. The van der Waals surface area contributed by atoms with Crippen LogP contribution in [0.15, 0.2) is 24.3 Å². The smallest absolute Gasteiger partial charge is 0.406 e. The van der Waals surface area contributed by atoms with Crippen molar-refractivity contribution in [1.29, 1.82) is 0 Å². The number of aliphatic hydroxyl groups is 1. The van der Waals surface area contributed by atoms with E-state index in [9.17, 15) is 18.0 Å². The molecule has 0 aliphatic rings. The molecule has 1 atom stereocenters. The fourth-order valence-electron chi connectivity index (χ4n) is 1.83. The van der Waals surface area contributed by atoms with Gasteiger partial charge in [-0.25, -0.2) is 0 Å². The van der Waals surface area contributed by atoms with Gasteiger partial charge in [0.05, 0.1) is 6.42 Å². The van der Waals surface area contributed by atoms with Crippen LogP contribution in [0.1, 0.15) is 25.3 Å². The van der Waals surface area contributed by atoms with Crippen LogP contribution in [0.25, 0.3) is 0 Å². The van der Waals surface area contributed by atoms with Gasteiger partial charge in [-0.3, -0.25) is 4.79 Å². The summed E-state index contributed by atoms with van der Waals surface area (Å²) in [5.74, 6) is -0.634. The Morgan fingerprint density at radius 3 is 2.76 bits per heavy atom. The summed E-state index contributed by atoms with van der Waals surface area (Å²) in [4.78, 5) is 11.7. The lowest BCUT2D eigenvalue weighted by atomic mass is 10.1. The van der Waals surface area contributed by atoms with Crippen molar-refractivity contribution >= 4 is 5.91 Å². The van der Waals surface area contributed by atoms with Crippen molar-refractivity contribution in [3.63, 3.8) is 0 Å². The zero-order valence-corrected chi connectivity index (χ0v) is 11.6. The molecule has 0 heterocycles. The summed E-state index contributed by atoms with van der Waals surface area (Å²) in [5.41, 5.74) is 0.434. The van der Waals surface area contributed by atoms with Gasteiger partial charge in [-0.2, -0.15) is 0 Å². The van der Waals surface area contributed by atoms with E-state index in [1.807, 2.05) is 0 Å². The van der Waals surface area contributed by atoms with Crippen molar-refractivity contribution in [2.75, 3.05) is 6.61 Å². The summed E-state index contributed by atoms with van der Waals surface area (Å²) in [6.45, 7) is 1.85. The van der Waals surface area contributed by atoms with E-state index in [0.29, 0.717) is 18.4 Å². The highest BCUT2D eigenvalue weighted by atomic mass is 19.4. The van der Waals surface area contributed by atoms with Crippen LogP contribution >= 0.6 is 0 Å². The van der Waals surface area contributed by atoms with Gasteiger partial charge < -0.3 is 15.2 Å². The first kappa shape index (κ1) is 17.3. The Morgan fingerprint density at radius 2 is 2.14 bits per heavy atom. The molecule has 0 spiro atoms. The fourth-order valence-corrected chi connectivity index (χ4v) is 1.83. The standard InChI is InChI=1S/C14H18F3NO3/c1-10(4-3-7-19)18-13(20)9-11-5-2-6-12(8-11)21-14(15,16)17/h2,5-6,8,10,19H,3-4,7,9H2,1H3,(H,18,20). The molecular formula is C14H18F3NO3. The van der Waals surface area contributed by atoms with Crippen molar-refractivity contribution in [3.8, 4) is 5.75 Å². The molecular weight excluding hydrogens is 287 g/mol.